The quantitative estimate of drug-likeness (QED) is 0.771. The lowest BCUT2D eigenvalue weighted by atomic mass is 10.2. The molecule has 1 aromatic rings. The van der Waals surface area contributed by atoms with E-state index < -0.39 is 0 Å². The standard InChI is InChI=1S/C11H15NO3/c1-8(7-13)12-11(14)9-4-3-5-10(6-9)15-2/h3-6,8,13H,7H2,1-2H3,(H,12,14). The molecule has 1 amide bonds. The summed E-state index contributed by atoms with van der Waals surface area (Å²) in [6, 6.07) is 6.62. The van der Waals surface area contributed by atoms with E-state index in [1.54, 1.807) is 38.3 Å². The first-order valence-electron chi connectivity index (χ1n) is 4.73. The van der Waals surface area contributed by atoms with Crippen LogP contribution < -0.4 is 10.1 Å². The summed E-state index contributed by atoms with van der Waals surface area (Å²) in [5.74, 6) is 0.426. The molecular formula is C11H15NO3. The van der Waals surface area contributed by atoms with Gasteiger partial charge in [0.25, 0.3) is 5.91 Å². The summed E-state index contributed by atoms with van der Waals surface area (Å²) in [5.41, 5.74) is 0.523. The highest BCUT2D eigenvalue weighted by Gasteiger charge is 2.09. The average Bonchev–Trinajstić information content (AvgIpc) is 2.28. The fourth-order valence-corrected chi connectivity index (χ4v) is 1.12. The maximum Gasteiger partial charge on any atom is 0.251 e. The third kappa shape index (κ3) is 3.25. The average molecular weight is 209 g/mol. The second-order valence-electron chi connectivity index (χ2n) is 3.29. The van der Waals surface area contributed by atoms with Crippen molar-refractivity contribution in [2.75, 3.05) is 13.7 Å². The molecule has 0 saturated carbocycles. The molecule has 0 bridgehead atoms. The van der Waals surface area contributed by atoms with Crippen molar-refractivity contribution in [2.45, 2.75) is 13.0 Å². The molecule has 4 heteroatoms. The molecule has 0 radical (unpaired) electrons. The van der Waals surface area contributed by atoms with Gasteiger partial charge in [-0.2, -0.15) is 0 Å². The van der Waals surface area contributed by atoms with Crippen LogP contribution in [0, 0.1) is 0 Å². The Balaban J connectivity index is 2.73. The summed E-state index contributed by atoms with van der Waals surface area (Å²) < 4.78 is 5.01. The zero-order chi connectivity index (χ0) is 11.3. The van der Waals surface area contributed by atoms with Gasteiger partial charge in [0, 0.05) is 11.6 Å². The van der Waals surface area contributed by atoms with Crippen LogP contribution in [0.4, 0.5) is 0 Å². The van der Waals surface area contributed by atoms with E-state index in [0.717, 1.165) is 0 Å². The van der Waals surface area contributed by atoms with Crippen molar-refractivity contribution in [1.29, 1.82) is 0 Å². The highest BCUT2D eigenvalue weighted by molar-refractivity contribution is 5.94. The van der Waals surface area contributed by atoms with Gasteiger partial charge < -0.3 is 15.2 Å². The summed E-state index contributed by atoms with van der Waals surface area (Å²) >= 11 is 0. The number of hydrogen-bond acceptors (Lipinski definition) is 3. The van der Waals surface area contributed by atoms with Gasteiger partial charge in [-0.15, -0.1) is 0 Å². The van der Waals surface area contributed by atoms with Gasteiger partial charge in [-0.1, -0.05) is 6.07 Å². The number of carbonyl (C=O) groups excluding carboxylic acids is 1. The monoisotopic (exact) mass is 209 g/mol. The molecular weight excluding hydrogens is 194 g/mol. The third-order valence-corrected chi connectivity index (χ3v) is 1.98. The van der Waals surface area contributed by atoms with Crippen molar-refractivity contribution < 1.29 is 14.6 Å². The van der Waals surface area contributed by atoms with Crippen LogP contribution >= 0.6 is 0 Å². The molecule has 0 fully saturated rings. The van der Waals surface area contributed by atoms with Crippen molar-refractivity contribution in [2.24, 2.45) is 0 Å². The first kappa shape index (κ1) is 11.5. The van der Waals surface area contributed by atoms with Crippen LogP contribution in [0.5, 0.6) is 5.75 Å². The minimum Gasteiger partial charge on any atom is -0.497 e. The van der Waals surface area contributed by atoms with Crippen LogP contribution in [-0.2, 0) is 0 Å². The van der Waals surface area contributed by atoms with Gasteiger partial charge >= 0.3 is 0 Å². The lowest BCUT2D eigenvalue weighted by Crippen LogP contribution is -2.34. The summed E-state index contributed by atoms with van der Waals surface area (Å²) in [4.78, 5) is 11.6. The maximum absolute atomic E-state index is 11.6. The van der Waals surface area contributed by atoms with E-state index in [0.29, 0.717) is 11.3 Å². The third-order valence-electron chi connectivity index (χ3n) is 1.98. The summed E-state index contributed by atoms with van der Waals surface area (Å²) in [7, 11) is 1.55. The van der Waals surface area contributed by atoms with Crippen molar-refractivity contribution in [3.8, 4) is 5.75 Å². The number of amides is 1. The van der Waals surface area contributed by atoms with Gasteiger partial charge in [0.1, 0.15) is 5.75 Å². The van der Waals surface area contributed by atoms with Gasteiger partial charge in [0.05, 0.1) is 13.7 Å². The molecule has 82 valence electrons. The Morgan fingerprint density at radius 3 is 2.93 bits per heavy atom. The van der Waals surface area contributed by atoms with Crippen LogP contribution in [-0.4, -0.2) is 30.8 Å². The molecule has 4 nitrogen and oxygen atoms in total. The smallest absolute Gasteiger partial charge is 0.251 e. The highest BCUT2D eigenvalue weighted by atomic mass is 16.5. The predicted molar refractivity (Wildman–Crippen MR) is 57.0 cm³/mol. The highest BCUT2D eigenvalue weighted by Crippen LogP contribution is 2.12. The fraction of sp³-hybridized carbons (Fsp3) is 0.364. The van der Waals surface area contributed by atoms with E-state index in [9.17, 15) is 4.79 Å². The van der Waals surface area contributed by atoms with Gasteiger partial charge in [0.2, 0.25) is 0 Å². The van der Waals surface area contributed by atoms with Crippen LogP contribution in [0.25, 0.3) is 0 Å². The number of nitrogens with one attached hydrogen (secondary N) is 1. The van der Waals surface area contributed by atoms with E-state index in [1.165, 1.54) is 0 Å². The Kier molecular flexibility index (Phi) is 4.12. The van der Waals surface area contributed by atoms with E-state index in [1.807, 2.05) is 0 Å². The van der Waals surface area contributed by atoms with Crippen LogP contribution in [0.1, 0.15) is 17.3 Å². The largest absolute Gasteiger partial charge is 0.497 e. The number of hydrogen-bond donors (Lipinski definition) is 2. The van der Waals surface area contributed by atoms with Gasteiger partial charge in [-0.05, 0) is 25.1 Å². The Hall–Kier alpha value is -1.55. The number of methoxy groups -OCH3 is 1. The van der Waals surface area contributed by atoms with E-state index in [2.05, 4.69) is 5.32 Å². The van der Waals surface area contributed by atoms with Crippen LogP contribution in [0.3, 0.4) is 0 Å². The van der Waals surface area contributed by atoms with Crippen molar-refractivity contribution in [3.63, 3.8) is 0 Å². The zero-order valence-electron chi connectivity index (χ0n) is 8.86. The Labute approximate surface area is 88.9 Å². The van der Waals surface area contributed by atoms with Crippen molar-refractivity contribution in [3.05, 3.63) is 29.8 Å². The van der Waals surface area contributed by atoms with Gasteiger partial charge in [-0.25, -0.2) is 0 Å². The second kappa shape index (κ2) is 5.36. The topological polar surface area (TPSA) is 58.6 Å². The lowest BCUT2D eigenvalue weighted by molar-refractivity contribution is 0.0922. The molecule has 0 saturated heterocycles. The van der Waals surface area contributed by atoms with Crippen LogP contribution in [0.2, 0.25) is 0 Å². The summed E-state index contributed by atoms with van der Waals surface area (Å²) in [6.45, 7) is 1.66. The molecule has 1 aromatic carbocycles. The normalized spacial score (nSPS) is 11.9. The van der Waals surface area contributed by atoms with E-state index >= 15 is 0 Å². The molecule has 0 aliphatic heterocycles. The molecule has 0 heterocycles. The molecule has 1 rings (SSSR count). The number of aliphatic hydroxyl groups excluding tert-OH is 1. The molecule has 1 atom stereocenters. The Morgan fingerprint density at radius 2 is 2.33 bits per heavy atom. The molecule has 15 heavy (non-hydrogen) atoms. The first-order chi connectivity index (χ1) is 7.17. The second-order valence-corrected chi connectivity index (χ2v) is 3.29. The Bertz CT molecular complexity index is 338. The first-order valence-corrected chi connectivity index (χ1v) is 4.73. The molecule has 1 unspecified atom stereocenters. The molecule has 0 aliphatic carbocycles. The molecule has 2 N–H and O–H groups in total. The van der Waals surface area contributed by atoms with Crippen molar-refractivity contribution in [1.82, 2.24) is 5.32 Å². The minimum atomic E-state index is -0.247. The van der Waals surface area contributed by atoms with Gasteiger partial charge in [-0.3, -0.25) is 4.79 Å². The van der Waals surface area contributed by atoms with E-state index in [-0.39, 0.29) is 18.6 Å². The minimum absolute atomic E-state index is 0.0737. The molecule has 0 aromatic heterocycles. The maximum atomic E-state index is 11.6. The lowest BCUT2D eigenvalue weighted by Gasteiger charge is -2.11. The zero-order valence-corrected chi connectivity index (χ0v) is 8.86. The number of benzene rings is 1. The fourth-order valence-electron chi connectivity index (χ4n) is 1.12. The van der Waals surface area contributed by atoms with E-state index in [4.69, 9.17) is 9.84 Å². The Morgan fingerprint density at radius 1 is 1.60 bits per heavy atom. The molecule has 0 aliphatic rings. The molecule has 0 spiro atoms. The number of carbonyl (C=O) groups is 1. The predicted octanol–water partition coefficient (Wildman–Crippen LogP) is 0.806. The SMILES string of the molecule is COc1cccc(C(=O)NC(C)CO)c1. The van der Waals surface area contributed by atoms with Crippen LogP contribution in [0.15, 0.2) is 24.3 Å². The number of rotatable bonds is 4. The summed E-state index contributed by atoms with van der Waals surface area (Å²) in [6.07, 6.45) is 0. The van der Waals surface area contributed by atoms with Crippen molar-refractivity contribution >= 4 is 5.91 Å². The summed E-state index contributed by atoms with van der Waals surface area (Å²) in [5, 5.41) is 11.4. The number of ether oxygens (including phenoxy) is 1. The number of aliphatic hydroxyl groups is 1. The van der Waals surface area contributed by atoms with Gasteiger partial charge in [0.15, 0.2) is 0 Å².